The number of hydrogen-bond acceptors (Lipinski definition) is 4. The summed E-state index contributed by atoms with van der Waals surface area (Å²) in [5.41, 5.74) is 7.02. The zero-order valence-corrected chi connectivity index (χ0v) is 10.4. The van der Waals surface area contributed by atoms with Crippen LogP contribution in [0.15, 0.2) is 18.3 Å². The highest BCUT2D eigenvalue weighted by Gasteiger charge is 2.10. The number of aromatic nitrogens is 1. The minimum atomic E-state index is 0.0328. The van der Waals surface area contributed by atoms with Gasteiger partial charge in [-0.05, 0) is 19.2 Å². The first-order valence-electron chi connectivity index (χ1n) is 5.07. The third kappa shape index (κ3) is 3.39. The molecule has 0 aromatic carbocycles. The second-order valence-electron chi connectivity index (χ2n) is 3.62. The van der Waals surface area contributed by atoms with Crippen LogP contribution in [-0.4, -0.2) is 30.6 Å². The number of pyridine rings is 1. The van der Waals surface area contributed by atoms with Crippen LogP contribution in [0.4, 0.5) is 5.82 Å². The summed E-state index contributed by atoms with van der Waals surface area (Å²) in [4.78, 5) is 6.55. The lowest BCUT2D eigenvalue weighted by molar-refractivity contribution is 0.796. The molecule has 1 rings (SSSR count). The Morgan fingerprint density at radius 1 is 1.60 bits per heavy atom. The van der Waals surface area contributed by atoms with Crippen molar-refractivity contribution >= 4 is 17.6 Å². The first-order chi connectivity index (χ1) is 7.16. The van der Waals surface area contributed by atoms with E-state index in [1.54, 1.807) is 0 Å². The molecule has 3 nitrogen and oxygen atoms in total. The van der Waals surface area contributed by atoms with Gasteiger partial charge in [-0.15, -0.1) is 0 Å². The van der Waals surface area contributed by atoms with E-state index in [-0.39, 0.29) is 6.04 Å². The number of anilines is 1. The van der Waals surface area contributed by atoms with Crippen molar-refractivity contribution in [1.29, 1.82) is 0 Å². The van der Waals surface area contributed by atoms with E-state index in [2.05, 4.69) is 23.2 Å². The van der Waals surface area contributed by atoms with Gasteiger partial charge in [0.05, 0.1) is 0 Å². The molecular formula is C11H19N3S. The van der Waals surface area contributed by atoms with Crippen LogP contribution in [0, 0.1) is 0 Å². The van der Waals surface area contributed by atoms with E-state index in [9.17, 15) is 0 Å². The van der Waals surface area contributed by atoms with Crippen LogP contribution in [0.1, 0.15) is 18.5 Å². The Hall–Kier alpha value is -0.740. The zero-order valence-electron chi connectivity index (χ0n) is 9.60. The molecule has 1 heterocycles. The molecule has 0 radical (unpaired) electrons. The van der Waals surface area contributed by atoms with Gasteiger partial charge in [0.1, 0.15) is 5.82 Å². The molecule has 0 aliphatic carbocycles. The van der Waals surface area contributed by atoms with E-state index < -0.39 is 0 Å². The Kier molecular flexibility index (Phi) is 4.91. The SMILES string of the molecule is CSCCN(C)c1ncccc1C(C)N. The topological polar surface area (TPSA) is 42.2 Å². The molecule has 0 saturated carbocycles. The molecule has 0 spiro atoms. The minimum Gasteiger partial charge on any atom is -0.359 e. The second-order valence-corrected chi connectivity index (χ2v) is 4.60. The Bertz CT molecular complexity index is 302. The van der Waals surface area contributed by atoms with E-state index in [0.29, 0.717) is 0 Å². The maximum Gasteiger partial charge on any atom is 0.133 e. The molecule has 15 heavy (non-hydrogen) atoms. The maximum atomic E-state index is 5.91. The van der Waals surface area contributed by atoms with E-state index in [1.165, 1.54) is 0 Å². The van der Waals surface area contributed by atoms with Crippen molar-refractivity contribution in [3.8, 4) is 0 Å². The summed E-state index contributed by atoms with van der Waals surface area (Å²) in [5, 5.41) is 0. The molecule has 1 aromatic heterocycles. The number of rotatable bonds is 5. The Morgan fingerprint density at radius 2 is 2.33 bits per heavy atom. The first-order valence-corrected chi connectivity index (χ1v) is 6.46. The molecule has 2 N–H and O–H groups in total. The summed E-state index contributed by atoms with van der Waals surface area (Å²) < 4.78 is 0. The van der Waals surface area contributed by atoms with Crippen LogP contribution in [0.3, 0.4) is 0 Å². The quantitative estimate of drug-likeness (QED) is 0.831. The van der Waals surface area contributed by atoms with Crippen molar-refractivity contribution in [2.45, 2.75) is 13.0 Å². The third-order valence-corrected chi connectivity index (χ3v) is 2.89. The molecule has 1 unspecified atom stereocenters. The van der Waals surface area contributed by atoms with Crippen molar-refractivity contribution in [1.82, 2.24) is 4.98 Å². The smallest absolute Gasteiger partial charge is 0.133 e. The normalized spacial score (nSPS) is 12.5. The molecular weight excluding hydrogens is 206 g/mol. The first kappa shape index (κ1) is 12.3. The standard InChI is InChI=1S/C11H19N3S/c1-9(12)10-5-4-6-13-11(10)14(2)7-8-15-3/h4-6,9H,7-8,12H2,1-3H3. The Labute approximate surface area is 96.1 Å². The second kappa shape index (κ2) is 5.98. The number of thioether (sulfide) groups is 1. The molecule has 0 aliphatic heterocycles. The van der Waals surface area contributed by atoms with E-state index in [4.69, 9.17) is 5.73 Å². The van der Waals surface area contributed by atoms with Gasteiger partial charge in [-0.25, -0.2) is 4.98 Å². The lowest BCUT2D eigenvalue weighted by Crippen LogP contribution is -2.24. The van der Waals surface area contributed by atoms with E-state index in [0.717, 1.165) is 23.7 Å². The summed E-state index contributed by atoms with van der Waals surface area (Å²) in [7, 11) is 2.06. The molecule has 4 heteroatoms. The van der Waals surface area contributed by atoms with Crippen LogP contribution in [-0.2, 0) is 0 Å². The van der Waals surface area contributed by atoms with Gasteiger partial charge in [-0.2, -0.15) is 11.8 Å². The lowest BCUT2D eigenvalue weighted by atomic mass is 10.1. The Morgan fingerprint density at radius 3 is 2.93 bits per heavy atom. The molecule has 0 saturated heterocycles. The number of hydrogen-bond donors (Lipinski definition) is 1. The van der Waals surface area contributed by atoms with Gasteiger partial charge in [0, 0.05) is 37.1 Å². The van der Waals surface area contributed by atoms with Gasteiger partial charge in [-0.1, -0.05) is 6.07 Å². The third-order valence-electron chi connectivity index (χ3n) is 2.30. The van der Waals surface area contributed by atoms with Crippen LogP contribution in [0.2, 0.25) is 0 Å². The van der Waals surface area contributed by atoms with Gasteiger partial charge in [-0.3, -0.25) is 0 Å². The lowest BCUT2D eigenvalue weighted by Gasteiger charge is -2.22. The van der Waals surface area contributed by atoms with Crippen molar-refractivity contribution in [2.24, 2.45) is 5.73 Å². The molecule has 0 amide bonds. The van der Waals surface area contributed by atoms with Gasteiger partial charge in [0.15, 0.2) is 0 Å². The number of nitrogens with two attached hydrogens (primary N) is 1. The zero-order chi connectivity index (χ0) is 11.3. The van der Waals surface area contributed by atoms with Gasteiger partial charge >= 0.3 is 0 Å². The largest absolute Gasteiger partial charge is 0.359 e. The highest BCUT2D eigenvalue weighted by atomic mass is 32.2. The average molecular weight is 225 g/mol. The Balaban J connectivity index is 2.82. The molecule has 0 aliphatic rings. The van der Waals surface area contributed by atoms with Crippen molar-refractivity contribution < 1.29 is 0 Å². The fraction of sp³-hybridized carbons (Fsp3) is 0.545. The van der Waals surface area contributed by atoms with Crippen molar-refractivity contribution in [3.63, 3.8) is 0 Å². The molecule has 1 atom stereocenters. The molecule has 0 fully saturated rings. The highest BCUT2D eigenvalue weighted by molar-refractivity contribution is 7.98. The fourth-order valence-corrected chi connectivity index (χ4v) is 1.87. The van der Waals surface area contributed by atoms with Crippen LogP contribution < -0.4 is 10.6 Å². The predicted octanol–water partition coefficient (Wildman–Crippen LogP) is 1.90. The summed E-state index contributed by atoms with van der Waals surface area (Å²) in [6.07, 6.45) is 3.93. The average Bonchev–Trinajstić information content (AvgIpc) is 2.25. The van der Waals surface area contributed by atoms with E-state index in [1.807, 2.05) is 37.0 Å². The summed E-state index contributed by atoms with van der Waals surface area (Å²) in [5.74, 6) is 2.10. The van der Waals surface area contributed by atoms with Gasteiger partial charge < -0.3 is 10.6 Å². The predicted molar refractivity (Wildman–Crippen MR) is 68.5 cm³/mol. The summed E-state index contributed by atoms with van der Waals surface area (Å²) in [6, 6.07) is 4.01. The fourth-order valence-electron chi connectivity index (χ4n) is 1.42. The van der Waals surface area contributed by atoms with Crippen molar-refractivity contribution in [2.75, 3.05) is 30.5 Å². The summed E-state index contributed by atoms with van der Waals surface area (Å²) >= 11 is 1.84. The van der Waals surface area contributed by atoms with Gasteiger partial charge in [0.25, 0.3) is 0 Å². The van der Waals surface area contributed by atoms with Gasteiger partial charge in [0.2, 0.25) is 0 Å². The molecule has 1 aromatic rings. The van der Waals surface area contributed by atoms with Crippen LogP contribution in [0.5, 0.6) is 0 Å². The van der Waals surface area contributed by atoms with E-state index >= 15 is 0 Å². The van der Waals surface area contributed by atoms with Crippen LogP contribution in [0.25, 0.3) is 0 Å². The summed E-state index contributed by atoms with van der Waals surface area (Å²) in [6.45, 7) is 2.99. The van der Waals surface area contributed by atoms with Crippen LogP contribution >= 0.6 is 11.8 Å². The van der Waals surface area contributed by atoms with Crippen molar-refractivity contribution in [3.05, 3.63) is 23.9 Å². The molecule has 0 bridgehead atoms. The maximum absolute atomic E-state index is 5.91. The monoisotopic (exact) mass is 225 g/mol. The molecule has 84 valence electrons. The number of nitrogens with zero attached hydrogens (tertiary/aromatic N) is 2. The minimum absolute atomic E-state index is 0.0328. The highest BCUT2D eigenvalue weighted by Crippen LogP contribution is 2.21.